The second-order valence-corrected chi connectivity index (χ2v) is 5.95. The standard InChI is InChI=1S/C14H16N4O7/c1-14(24)9(21)6(3-19)25-13(14)18-2-5(10(15)22)8(20)7-11(18)16-4-17-12(7)23/h2,4,6,9,13,19,21,24H,3H2,1H3,(H2,15,22)(H,16,17,23). The summed E-state index contributed by atoms with van der Waals surface area (Å²) in [6.07, 6.45) is -1.88. The summed E-state index contributed by atoms with van der Waals surface area (Å²) >= 11 is 0. The number of nitrogens with zero attached hydrogens (tertiary/aromatic N) is 2. The molecule has 134 valence electrons. The van der Waals surface area contributed by atoms with Gasteiger partial charge in [0.2, 0.25) is 5.43 Å². The normalized spacial score (nSPS) is 29.2. The molecule has 2 aromatic heterocycles. The first kappa shape index (κ1) is 17.2. The van der Waals surface area contributed by atoms with Crippen LogP contribution in [0.2, 0.25) is 0 Å². The van der Waals surface area contributed by atoms with Crippen LogP contribution in [-0.2, 0) is 4.74 Å². The number of hydrogen-bond acceptors (Lipinski definition) is 8. The van der Waals surface area contributed by atoms with E-state index in [4.69, 9.17) is 10.5 Å². The van der Waals surface area contributed by atoms with Crippen LogP contribution >= 0.6 is 0 Å². The van der Waals surface area contributed by atoms with E-state index < -0.39 is 58.5 Å². The average molecular weight is 352 g/mol. The van der Waals surface area contributed by atoms with Gasteiger partial charge >= 0.3 is 0 Å². The number of fused-ring (bicyclic) bond motifs is 1. The van der Waals surface area contributed by atoms with Crippen LogP contribution in [0.5, 0.6) is 0 Å². The summed E-state index contributed by atoms with van der Waals surface area (Å²) in [5.74, 6) is -1.08. The minimum Gasteiger partial charge on any atom is -0.394 e. The number of aliphatic hydroxyl groups is 3. The molecule has 4 atom stereocenters. The zero-order chi connectivity index (χ0) is 18.5. The maximum atomic E-state index is 12.3. The summed E-state index contributed by atoms with van der Waals surface area (Å²) in [5.41, 5.74) is 0.893. The summed E-state index contributed by atoms with van der Waals surface area (Å²) in [4.78, 5) is 42.1. The third kappa shape index (κ3) is 2.44. The average Bonchev–Trinajstić information content (AvgIpc) is 2.78. The van der Waals surface area contributed by atoms with Gasteiger partial charge in [0.25, 0.3) is 11.5 Å². The molecule has 0 aliphatic carbocycles. The van der Waals surface area contributed by atoms with Crippen molar-refractivity contribution >= 4 is 16.9 Å². The zero-order valence-corrected chi connectivity index (χ0v) is 13.0. The highest BCUT2D eigenvalue weighted by atomic mass is 16.6. The Morgan fingerprint density at radius 3 is 2.76 bits per heavy atom. The molecular weight excluding hydrogens is 336 g/mol. The van der Waals surface area contributed by atoms with Gasteiger partial charge in [-0.25, -0.2) is 4.98 Å². The molecule has 2 aromatic rings. The number of primary amides is 1. The van der Waals surface area contributed by atoms with Crippen molar-refractivity contribution in [2.24, 2.45) is 5.73 Å². The number of aromatic amines is 1. The number of pyridine rings is 1. The smallest absolute Gasteiger partial charge is 0.264 e. The zero-order valence-electron chi connectivity index (χ0n) is 13.0. The highest BCUT2D eigenvalue weighted by molar-refractivity contribution is 5.95. The van der Waals surface area contributed by atoms with Crippen LogP contribution in [0.4, 0.5) is 0 Å². The predicted octanol–water partition coefficient (Wildman–Crippen LogP) is -2.81. The van der Waals surface area contributed by atoms with Crippen molar-refractivity contribution in [3.63, 3.8) is 0 Å². The highest BCUT2D eigenvalue weighted by Gasteiger charge is 2.53. The maximum absolute atomic E-state index is 12.3. The van der Waals surface area contributed by atoms with Crippen LogP contribution in [0.15, 0.2) is 22.1 Å². The minimum absolute atomic E-state index is 0.171. The number of aliphatic hydroxyl groups excluding tert-OH is 2. The summed E-state index contributed by atoms with van der Waals surface area (Å²) in [7, 11) is 0. The number of ether oxygens (including phenoxy) is 1. The number of carbonyl (C=O) groups excluding carboxylic acids is 1. The monoisotopic (exact) mass is 352 g/mol. The van der Waals surface area contributed by atoms with Crippen molar-refractivity contribution in [1.82, 2.24) is 14.5 Å². The Balaban J connectivity index is 2.36. The van der Waals surface area contributed by atoms with Gasteiger partial charge < -0.3 is 35.3 Å². The van der Waals surface area contributed by atoms with E-state index in [0.29, 0.717) is 0 Å². The molecule has 0 radical (unpaired) electrons. The molecule has 1 aliphatic rings. The molecule has 1 aliphatic heterocycles. The predicted molar refractivity (Wildman–Crippen MR) is 82.8 cm³/mol. The van der Waals surface area contributed by atoms with Crippen LogP contribution < -0.4 is 16.7 Å². The fraction of sp³-hybridized carbons (Fsp3) is 0.429. The number of H-pyrrole nitrogens is 1. The number of rotatable bonds is 3. The van der Waals surface area contributed by atoms with Crippen LogP contribution in [0.3, 0.4) is 0 Å². The van der Waals surface area contributed by atoms with Gasteiger partial charge in [0.1, 0.15) is 28.8 Å². The summed E-state index contributed by atoms with van der Waals surface area (Å²) in [6, 6.07) is 0. The number of nitrogens with two attached hydrogens (primary N) is 1. The Morgan fingerprint density at radius 2 is 2.20 bits per heavy atom. The van der Waals surface area contributed by atoms with Crippen molar-refractivity contribution in [3.8, 4) is 0 Å². The molecule has 0 saturated carbocycles. The van der Waals surface area contributed by atoms with E-state index in [1.54, 1.807) is 0 Å². The molecule has 11 heteroatoms. The Hall–Kier alpha value is -2.60. The van der Waals surface area contributed by atoms with Crippen LogP contribution in [0, 0.1) is 0 Å². The molecule has 3 heterocycles. The number of nitrogens with one attached hydrogen (secondary N) is 1. The van der Waals surface area contributed by atoms with Gasteiger partial charge in [-0.1, -0.05) is 0 Å². The van der Waals surface area contributed by atoms with E-state index in [-0.39, 0.29) is 5.65 Å². The number of hydrogen-bond donors (Lipinski definition) is 5. The van der Waals surface area contributed by atoms with Gasteiger partial charge in [-0.3, -0.25) is 14.4 Å². The molecule has 3 rings (SSSR count). The molecule has 25 heavy (non-hydrogen) atoms. The molecule has 1 amide bonds. The lowest BCUT2D eigenvalue weighted by Crippen LogP contribution is -2.44. The van der Waals surface area contributed by atoms with Gasteiger partial charge in [-0.2, -0.15) is 0 Å². The molecule has 11 nitrogen and oxygen atoms in total. The largest absolute Gasteiger partial charge is 0.394 e. The van der Waals surface area contributed by atoms with Crippen molar-refractivity contribution in [2.75, 3.05) is 6.61 Å². The third-order valence-electron chi connectivity index (χ3n) is 4.27. The highest BCUT2D eigenvalue weighted by Crippen LogP contribution is 2.38. The van der Waals surface area contributed by atoms with Crippen LogP contribution in [0.25, 0.3) is 11.0 Å². The van der Waals surface area contributed by atoms with Gasteiger partial charge in [-0.15, -0.1) is 0 Å². The maximum Gasteiger partial charge on any atom is 0.264 e. The van der Waals surface area contributed by atoms with E-state index in [2.05, 4.69) is 9.97 Å². The number of carbonyl (C=O) groups is 1. The Labute approximate surface area is 139 Å². The van der Waals surface area contributed by atoms with E-state index >= 15 is 0 Å². The fourth-order valence-electron chi connectivity index (χ4n) is 2.93. The Kier molecular flexibility index (Phi) is 3.95. The second kappa shape index (κ2) is 5.74. The van der Waals surface area contributed by atoms with Crippen LogP contribution in [-0.4, -0.2) is 60.2 Å². The third-order valence-corrected chi connectivity index (χ3v) is 4.27. The molecule has 1 saturated heterocycles. The Morgan fingerprint density at radius 1 is 1.52 bits per heavy atom. The second-order valence-electron chi connectivity index (χ2n) is 5.95. The van der Waals surface area contributed by atoms with E-state index in [1.807, 2.05) is 0 Å². The molecule has 6 N–H and O–H groups in total. The van der Waals surface area contributed by atoms with Crippen molar-refractivity contribution < 1.29 is 24.9 Å². The lowest BCUT2D eigenvalue weighted by atomic mass is 9.96. The van der Waals surface area contributed by atoms with E-state index in [1.165, 1.54) is 6.92 Å². The van der Waals surface area contributed by atoms with E-state index in [0.717, 1.165) is 17.1 Å². The minimum atomic E-state index is -1.91. The topological polar surface area (TPSA) is 181 Å². The van der Waals surface area contributed by atoms with Crippen molar-refractivity contribution in [3.05, 3.63) is 38.7 Å². The SMILES string of the molecule is CC1(O)C(O)C(CO)OC1n1cc(C(N)=O)c(=O)c2c(=O)[nH]cnc21. The quantitative estimate of drug-likeness (QED) is 0.392. The fourth-order valence-corrected chi connectivity index (χ4v) is 2.93. The molecule has 1 fully saturated rings. The lowest BCUT2D eigenvalue weighted by Gasteiger charge is -2.29. The van der Waals surface area contributed by atoms with Gasteiger partial charge in [0, 0.05) is 6.20 Å². The first-order valence-corrected chi connectivity index (χ1v) is 7.29. The lowest BCUT2D eigenvalue weighted by molar-refractivity contribution is -0.0951. The molecule has 4 unspecified atom stereocenters. The van der Waals surface area contributed by atoms with Crippen LogP contribution in [0.1, 0.15) is 23.5 Å². The molecular formula is C14H16N4O7. The molecule has 0 aromatic carbocycles. The number of aromatic nitrogens is 3. The molecule has 0 bridgehead atoms. The summed E-state index contributed by atoms with van der Waals surface area (Å²) < 4.78 is 6.53. The van der Waals surface area contributed by atoms with Crippen molar-refractivity contribution in [2.45, 2.75) is 31.0 Å². The van der Waals surface area contributed by atoms with Gasteiger partial charge in [0.15, 0.2) is 11.9 Å². The summed E-state index contributed by atoms with van der Waals surface area (Å²) in [6.45, 7) is 0.668. The number of amides is 1. The first-order chi connectivity index (χ1) is 11.7. The molecule has 0 spiro atoms. The first-order valence-electron chi connectivity index (χ1n) is 7.29. The van der Waals surface area contributed by atoms with Crippen molar-refractivity contribution in [1.29, 1.82) is 0 Å². The summed E-state index contributed by atoms with van der Waals surface area (Å²) in [5, 5.41) is 29.5. The Bertz CT molecular complexity index is 964. The van der Waals surface area contributed by atoms with Gasteiger partial charge in [-0.05, 0) is 6.92 Å². The van der Waals surface area contributed by atoms with E-state index in [9.17, 15) is 29.7 Å². The van der Waals surface area contributed by atoms with Gasteiger partial charge in [0.05, 0.1) is 12.9 Å².